The molecule has 94 valence electrons. The molecule has 0 bridgehead atoms. The molecule has 17 heavy (non-hydrogen) atoms. The van der Waals surface area contributed by atoms with Crippen molar-refractivity contribution < 1.29 is 4.74 Å². The van der Waals surface area contributed by atoms with Gasteiger partial charge in [-0.05, 0) is 33.0 Å². The van der Waals surface area contributed by atoms with E-state index in [1.807, 2.05) is 4.68 Å². The van der Waals surface area contributed by atoms with Crippen LogP contribution in [0.2, 0.25) is 0 Å². The van der Waals surface area contributed by atoms with E-state index < -0.39 is 0 Å². The third-order valence-electron chi connectivity index (χ3n) is 3.89. The van der Waals surface area contributed by atoms with Gasteiger partial charge in [-0.3, -0.25) is 9.89 Å². The van der Waals surface area contributed by atoms with Crippen LogP contribution in [-0.4, -0.2) is 41.4 Å². The summed E-state index contributed by atoms with van der Waals surface area (Å²) in [4.78, 5) is 14.6. The van der Waals surface area contributed by atoms with Crippen molar-refractivity contribution in [2.24, 2.45) is 0 Å². The molecule has 2 aliphatic rings. The van der Waals surface area contributed by atoms with Crippen LogP contribution in [0.25, 0.3) is 0 Å². The van der Waals surface area contributed by atoms with Crippen molar-refractivity contribution >= 4 is 0 Å². The van der Waals surface area contributed by atoms with E-state index in [4.69, 9.17) is 4.74 Å². The molecule has 0 radical (unpaired) electrons. The molecule has 1 aromatic rings. The molecule has 0 atom stereocenters. The molecule has 1 fully saturated rings. The van der Waals surface area contributed by atoms with Gasteiger partial charge in [0.2, 0.25) is 0 Å². The number of aromatic nitrogens is 2. The summed E-state index contributed by atoms with van der Waals surface area (Å²) in [7, 11) is 2.13. The van der Waals surface area contributed by atoms with E-state index >= 15 is 0 Å². The third kappa shape index (κ3) is 1.93. The molecule has 0 spiro atoms. The van der Waals surface area contributed by atoms with Crippen molar-refractivity contribution in [2.75, 3.05) is 26.7 Å². The summed E-state index contributed by atoms with van der Waals surface area (Å²) in [5.41, 5.74) is 2.10. The van der Waals surface area contributed by atoms with Gasteiger partial charge in [0.25, 0.3) is 5.56 Å². The first-order valence-corrected chi connectivity index (χ1v) is 6.34. The summed E-state index contributed by atoms with van der Waals surface area (Å²) in [6.07, 6.45) is 2.86. The fourth-order valence-corrected chi connectivity index (χ4v) is 2.77. The number of H-pyrrole nitrogens is 1. The van der Waals surface area contributed by atoms with E-state index in [1.165, 1.54) is 0 Å². The van der Waals surface area contributed by atoms with E-state index in [1.54, 1.807) is 0 Å². The molecule has 1 aromatic heterocycles. The number of piperidine rings is 1. The fraction of sp³-hybridized carbons (Fsp3) is 0.750. The molecule has 3 rings (SSSR count). The zero-order valence-corrected chi connectivity index (χ0v) is 10.2. The van der Waals surface area contributed by atoms with E-state index in [-0.39, 0.29) is 5.56 Å². The Hall–Kier alpha value is -1.07. The predicted molar refractivity (Wildman–Crippen MR) is 64.2 cm³/mol. The second-order valence-corrected chi connectivity index (χ2v) is 5.08. The SMILES string of the molecule is CN1CCC(n2[nH]c3c(c2=O)CCOC3)CC1. The van der Waals surface area contributed by atoms with Crippen LogP contribution in [0.4, 0.5) is 0 Å². The van der Waals surface area contributed by atoms with Crippen molar-refractivity contribution in [3.63, 3.8) is 0 Å². The van der Waals surface area contributed by atoms with Gasteiger partial charge < -0.3 is 9.64 Å². The molecule has 0 aromatic carbocycles. The van der Waals surface area contributed by atoms with Gasteiger partial charge in [-0.2, -0.15) is 0 Å². The summed E-state index contributed by atoms with van der Waals surface area (Å²) in [6.45, 7) is 3.37. The smallest absolute Gasteiger partial charge is 0.270 e. The molecular formula is C12H19N3O2. The number of likely N-dealkylation sites (tertiary alicyclic amines) is 1. The zero-order valence-electron chi connectivity index (χ0n) is 10.2. The third-order valence-corrected chi connectivity index (χ3v) is 3.89. The number of rotatable bonds is 1. The van der Waals surface area contributed by atoms with Crippen LogP contribution in [-0.2, 0) is 17.8 Å². The second kappa shape index (κ2) is 4.31. The van der Waals surface area contributed by atoms with Gasteiger partial charge in [0, 0.05) is 12.0 Å². The Morgan fingerprint density at radius 3 is 2.82 bits per heavy atom. The maximum absolute atomic E-state index is 12.3. The average Bonchev–Trinajstić information content (AvgIpc) is 2.69. The summed E-state index contributed by atoms with van der Waals surface area (Å²) >= 11 is 0. The number of nitrogens with zero attached hydrogens (tertiary/aromatic N) is 2. The Labute approximate surface area is 100 Å². The lowest BCUT2D eigenvalue weighted by Gasteiger charge is -2.29. The molecule has 1 saturated heterocycles. The lowest BCUT2D eigenvalue weighted by molar-refractivity contribution is 0.107. The fourth-order valence-electron chi connectivity index (χ4n) is 2.77. The number of aromatic amines is 1. The lowest BCUT2D eigenvalue weighted by atomic mass is 10.1. The Balaban J connectivity index is 1.88. The van der Waals surface area contributed by atoms with Gasteiger partial charge in [-0.25, -0.2) is 4.68 Å². The highest BCUT2D eigenvalue weighted by Crippen LogP contribution is 2.21. The Bertz CT molecular complexity index is 455. The van der Waals surface area contributed by atoms with Crippen LogP contribution in [0.5, 0.6) is 0 Å². The minimum Gasteiger partial charge on any atom is -0.375 e. The summed E-state index contributed by atoms with van der Waals surface area (Å²) in [6, 6.07) is 0.337. The second-order valence-electron chi connectivity index (χ2n) is 5.08. The van der Waals surface area contributed by atoms with Crippen LogP contribution >= 0.6 is 0 Å². The van der Waals surface area contributed by atoms with Crippen molar-refractivity contribution in [1.82, 2.24) is 14.7 Å². The molecule has 1 N–H and O–H groups in total. The molecule has 0 unspecified atom stereocenters. The average molecular weight is 237 g/mol. The minimum atomic E-state index is 0.179. The molecular weight excluding hydrogens is 218 g/mol. The molecule has 0 amide bonds. The number of hydrogen-bond donors (Lipinski definition) is 1. The summed E-state index contributed by atoms with van der Waals surface area (Å²) in [5.74, 6) is 0. The lowest BCUT2D eigenvalue weighted by Crippen LogP contribution is -2.35. The molecule has 2 aliphatic heterocycles. The van der Waals surface area contributed by atoms with Crippen LogP contribution in [0.1, 0.15) is 30.1 Å². The Morgan fingerprint density at radius 2 is 2.12 bits per heavy atom. The molecule has 0 aliphatic carbocycles. The number of ether oxygens (including phenoxy) is 1. The van der Waals surface area contributed by atoms with Crippen molar-refractivity contribution in [3.05, 3.63) is 21.6 Å². The van der Waals surface area contributed by atoms with E-state index in [9.17, 15) is 4.79 Å². The van der Waals surface area contributed by atoms with Gasteiger partial charge in [0.05, 0.1) is 24.9 Å². The maximum atomic E-state index is 12.3. The number of hydrogen-bond acceptors (Lipinski definition) is 3. The van der Waals surface area contributed by atoms with Gasteiger partial charge in [0.1, 0.15) is 0 Å². The molecule has 0 saturated carbocycles. The first kappa shape index (κ1) is 11.0. The highest BCUT2D eigenvalue weighted by Gasteiger charge is 2.24. The zero-order chi connectivity index (χ0) is 11.8. The van der Waals surface area contributed by atoms with Crippen molar-refractivity contribution in [1.29, 1.82) is 0 Å². The Kier molecular flexibility index (Phi) is 2.80. The molecule has 5 heteroatoms. The van der Waals surface area contributed by atoms with Gasteiger partial charge in [-0.15, -0.1) is 0 Å². The van der Waals surface area contributed by atoms with Crippen LogP contribution in [0, 0.1) is 0 Å². The first-order valence-electron chi connectivity index (χ1n) is 6.34. The van der Waals surface area contributed by atoms with Gasteiger partial charge in [-0.1, -0.05) is 0 Å². The van der Waals surface area contributed by atoms with Gasteiger partial charge >= 0.3 is 0 Å². The maximum Gasteiger partial charge on any atom is 0.270 e. The topological polar surface area (TPSA) is 50.3 Å². The number of nitrogens with one attached hydrogen (secondary N) is 1. The summed E-state index contributed by atoms with van der Waals surface area (Å²) < 4.78 is 7.22. The monoisotopic (exact) mass is 237 g/mol. The van der Waals surface area contributed by atoms with Crippen molar-refractivity contribution in [2.45, 2.75) is 31.9 Å². The van der Waals surface area contributed by atoms with Gasteiger partial charge in [0.15, 0.2) is 0 Å². The standard InChI is InChI=1S/C12H19N3O2/c1-14-5-2-9(3-6-14)15-12(16)10-4-7-17-8-11(10)13-15/h9,13H,2-8H2,1H3. The normalized spacial score (nSPS) is 22.6. The van der Waals surface area contributed by atoms with E-state index in [2.05, 4.69) is 17.0 Å². The van der Waals surface area contributed by atoms with E-state index in [0.29, 0.717) is 19.3 Å². The summed E-state index contributed by atoms with van der Waals surface area (Å²) in [5, 5.41) is 3.25. The quantitative estimate of drug-likeness (QED) is 0.774. The van der Waals surface area contributed by atoms with Crippen LogP contribution in [0.15, 0.2) is 4.79 Å². The van der Waals surface area contributed by atoms with E-state index in [0.717, 1.165) is 43.6 Å². The minimum absolute atomic E-state index is 0.179. The largest absolute Gasteiger partial charge is 0.375 e. The molecule has 3 heterocycles. The van der Waals surface area contributed by atoms with Crippen LogP contribution < -0.4 is 5.56 Å². The first-order chi connectivity index (χ1) is 8.25. The highest BCUT2D eigenvalue weighted by atomic mass is 16.5. The molecule has 5 nitrogen and oxygen atoms in total. The Morgan fingerprint density at radius 1 is 1.35 bits per heavy atom. The van der Waals surface area contributed by atoms with Crippen LogP contribution in [0.3, 0.4) is 0 Å². The number of fused-ring (bicyclic) bond motifs is 1. The predicted octanol–water partition coefficient (Wildman–Crippen LogP) is 0.516. The highest BCUT2D eigenvalue weighted by molar-refractivity contribution is 5.19. The van der Waals surface area contributed by atoms with Crippen molar-refractivity contribution in [3.8, 4) is 0 Å².